The summed E-state index contributed by atoms with van der Waals surface area (Å²) in [6, 6.07) is 4.35. The second-order valence-electron chi connectivity index (χ2n) is 24.4. The van der Waals surface area contributed by atoms with Crippen molar-refractivity contribution in [3.05, 3.63) is 24.4 Å². The molecule has 6 N–H and O–H groups in total. The number of unbranched alkanes of at least 4 members (excludes halogenated alkanes) is 1. The van der Waals surface area contributed by atoms with E-state index >= 15 is 0 Å². The van der Waals surface area contributed by atoms with Gasteiger partial charge in [-0.2, -0.15) is 0 Å². The number of ether oxygens (including phenoxy) is 8. The molecule has 1 amide bonds. The fourth-order valence-electron chi connectivity index (χ4n) is 10.4. The highest BCUT2D eigenvalue weighted by Crippen LogP contribution is 2.51. The lowest BCUT2D eigenvalue weighted by Gasteiger charge is -2.42. The maximum absolute atomic E-state index is 15.0. The van der Waals surface area contributed by atoms with E-state index in [1.165, 1.54) is 35.4 Å². The van der Waals surface area contributed by atoms with E-state index in [0.717, 1.165) is 11.4 Å². The Hall–Kier alpha value is -4.05. The first kappa shape index (κ1) is 77.0. The fraction of sp³-hybridized carbons (Fsp3) is 0.793. The lowest BCUT2D eigenvalue weighted by atomic mass is 9.40. The molecule has 2 rings (SSSR count). The van der Waals surface area contributed by atoms with Crippen molar-refractivity contribution >= 4 is 77.9 Å². The number of aliphatic hydroxyl groups is 4. The number of esters is 5. The summed E-state index contributed by atoms with van der Waals surface area (Å²) in [5, 5.41) is 51.9. The normalized spacial score (nSPS) is 21.6. The van der Waals surface area contributed by atoms with Gasteiger partial charge in [0.25, 0.3) is 0 Å². The molecule has 1 fully saturated rings. The van der Waals surface area contributed by atoms with Gasteiger partial charge in [-0.1, -0.05) is 77.0 Å². The van der Waals surface area contributed by atoms with Crippen molar-refractivity contribution in [1.29, 1.82) is 0 Å². The summed E-state index contributed by atoms with van der Waals surface area (Å²) in [5.41, 5.74) is -6.10. The van der Waals surface area contributed by atoms with Crippen molar-refractivity contribution in [1.82, 2.24) is 15.2 Å². The Morgan fingerprint density at radius 3 is 1.88 bits per heavy atom. The lowest BCUT2D eigenvalue weighted by Crippen LogP contribution is -2.64. The van der Waals surface area contributed by atoms with E-state index in [1.54, 1.807) is 60.7 Å². The molecule has 1 aliphatic heterocycles. The zero-order valence-corrected chi connectivity index (χ0v) is 54.2. The van der Waals surface area contributed by atoms with Crippen LogP contribution < -0.4 is 5.32 Å². The Kier molecular flexibility index (Phi) is 33.6. The number of aromatic nitrogens is 1. The van der Waals surface area contributed by atoms with Crippen molar-refractivity contribution in [2.75, 3.05) is 85.9 Å². The molecular weight excluding hydrogens is 1140 g/mol. The largest absolute Gasteiger partial charge is 0.481 e. The first-order valence-electron chi connectivity index (χ1n) is 29.6. The number of amides is 1. The third kappa shape index (κ3) is 25.2. The summed E-state index contributed by atoms with van der Waals surface area (Å²) >= 11 is 0. The summed E-state index contributed by atoms with van der Waals surface area (Å²) in [6.45, 7) is 17.0. The number of carboxylic acids is 1. The zero-order chi connectivity index (χ0) is 64.2. The number of carbonyl (C=O) groups is 7. The number of carboxylic acid groups (broad SMARTS) is 1. The van der Waals surface area contributed by atoms with Gasteiger partial charge in [0.15, 0.2) is 6.29 Å². The number of aliphatic carboxylic acids is 1. The monoisotopic (exact) mass is 1240 g/mol. The smallest absolute Gasteiger partial charge is 0.311 e. The third-order valence-corrected chi connectivity index (χ3v) is 18.0. The molecule has 1 aromatic heterocycles. The van der Waals surface area contributed by atoms with Crippen LogP contribution in [-0.2, 0) is 71.5 Å². The van der Waals surface area contributed by atoms with E-state index in [0.29, 0.717) is 25.1 Å². The summed E-state index contributed by atoms with van der Waals surface area (Å²) in [4.78, 5) is 104. The van der Waals surface area contributed by atoms with E-state index < -0.39 is 117 Å². The number of pyridine rings is 1. The molecule has 12 atom stereocenters. The molecule has 0 saturated carbocycles. The summed E-state index contributed by atoms with van der Waals surface area (Å²) in [5.74, 6) is -4.71. The Morgan fingerprint density at radius 1 is 0.729 bits per heavy atom. The van der Waals surface area contributed by atoms with E-state index in [1.807, 2.05) is 45.0 Å². The third-order valence-electron chi connectivity index (χ3n) is 15.7. The van der Waals surface area contributed by atoms with Crippen LogP contribution in [0.5, 0.6) is 0 Å². The second kappa shape index (κ2) is 37.1. The molecule has 27 heteroatoms. The van der Waals surface area contributed by atoms with Gasteiger partial charge in [-0.25, -0.2) is 4.98 Å². The molecule has 85 heavy (non-hydrogen) atoms. The Morgan fingerprint density at radius 2 is 1.31 bits per heavy atom. The number of likely N-dealkylation sites (N-methyl/N-ethyl adjacent to an activating group) is 1. The standard InChI is InChI=1S/C58H99B2N3O20S2/c1-14-17-24-78-48(71)54(7,34-53(6,21-15-2)47(69)70)35-55(8,49(72)79-25-23-63(12)13)37-60-58(11,52(75)81-30-31-84-85-42-20-18-19-22-61-42)36-56(9,50(73)82-33-39(4)65)38-59-57(10,16-3)51(74)80-29-27-76-26-28-77-46-43(62-40(5)66)45(68)44(67)41(32-64)83-46/h18-20,22,39,41,43-46,59-60,64-65,67-68H,14-17,21,23-38H2,1-13H3,(H,62,66)(H,69,70)/t39?,41-,43-,44+,45-,46-,53?,54?,55?,56?,57?,58?/m1/s1. The average Bonchev–Trinajstić information content (AvgIpc) is 3.65. The molecular formula is C58H99B2N3O20S2. The molecule has 0 aromatic carbocycles. The van der Waals surface area contributed by atoms with Gasteiger partial charge in [-0.3, -0.25) is 33.6 Å². The van der Waals surface area contributed by atoms with E-state index in [9.17, 15) is 59.1 Å². The molecule has 7 unspecified atom stereocenters. The van der Waals surface area contributed by atoms with Crippen LogP contribution in [0.1, 0.15) is 128 Å². The van der Waals surface area contributed by atoms with Crippen LogP contribution in [0.3, 0.4) is 0 Å². The van der Waals surface area contributed by atoms with Crippen LogP contribution in [0.25, 0.3) is 0 Å². The minimum atomic E-state index is -1.60. The van der Waals surface area contributed by atoms with Gasteiger partial charge in [0, 0.05) is 36.0 Å². The summed E-state index contributed by atoms with van der Waals surface area (Å²) in [7, 11) is 6.36. The van der Waals surface area contributed by atoms with Crippen LogP contribution in [0.2, 0.25) is 23.3 Å². The van der Waals surface area contributed by atoms with E-state index in [-0.39, 0.29) is 112 Å². The van der Waals surface area contributed by atoms with Crippen LogP contribution in [0, 0.1) is 21.7 Å². The van der Waals surface area contributed by atoms with E-state index in [2.05, 4.69) is 10.3 Å². The van der Waals surface area contributed by atoms with Crippen molar-refractivity contribution < 1.29 is 97.0 Å². The molecule has 484 valence electrons. The first-order chi connectivity index (χ1) is 39.8. The predicted octanol–water partition coefficient (Wildman–Crippen LogP) is 4.81. The van der Waals surface area contributed by atoms with Crippen molar-refractivity contribution in [2.45, 2.75) is 193 Å². The molecule has 0 spiro atoms. The highest BCUT2D eigenvalue weighted by atomic mass is 33.1. The van der Waals surface area contributed by atoms with Gasteiger partial charge in [0.1, 0.15) is 70.4 Å². The van der Waals surface area contributed by atoms with Crippen LogP contribution in [0.4, 0.5) is 0 Å². The van der Waals surface area contributed by atoms with Crippen molar-refractivity contribution in [3.8, 4) is 0 Å². The molecule has 1 aliphatic rings. The highest BCUT2D eigenvalue weighted by molar-refractivity contribution is 8.76. The van der Waals surface area contributed by atoms with Crippen LogP contribution in [0.15, 0.2) is 29.4 Å². The zero-order valence-electron chi connectivity index (χ0n) is 52.6. The number of hydrogen-bond donors (Lipinski definition) is 6. The maximum Gasteiger partial charge on any atom is 0.311 e. The molecule has 2 heterocycles. The Labute approximate surface area is 512 Å². The van der Waals surface area contributed by atoms with Gasteiger partial charge >= 0.3 is 35.8 Å². The fourth-order valence-corrected chi connectivity index (χ4v) is 12.1. The average molecular weight is 1240 g/mol. The van der Waals surface area contributed by atoms with E-state index in [4.69, 9.17) is 37.9 Å². The van der Waals surface area contributed by atoms with Crippen LogP contribution >= 0.6 is 21.6 Å². The molecule has 1 aromatic rings. The number of carbonyl (C=O) groups excluding carboxylic acids is 6. The summed E-state index contributed by atoms with van der Waals surface area (Å²) in [6.07, 6.45) is -3.33. The lowest BCUT2D eigenvalue weighted by molar-refractivity contribution is -0.272. The highest BCUT2D eigenvalue weighted by Gasteiger charge is 2.54. The minimum absolute atomic E-state index is 0.0196. The second-order valence-corrected chi connectivity index (χ2v) is 26.9. The summed E-state index contributed by atoms with van der Waals surface area (Å²) < 4.78 is 46.2. The minimum Gasteiger partial charge on any atom is -0.481 e. The van der Waals surface area contributed by atoms with Gasteiger partial charge < -0.3 is 73.6 Å². The Balaban J connectivity index is 2.58. The topological polar surface area (TPSA) is 323 Å². The Bertz CT molecular complexity index is 2250. The molecule has 0 radical (unpaired) electrons. The van der Waals surface area contributed by atoms with Gasteiger partial charge in [-0.15, -0.1) is 0 Å². The predicted molar refractivity (Wildman–Crippen MR) is 324 cm³/mol. The van der Waals surface area contributed by atoms with Gasteiger partial charge in [0.05, 0.1) is 60.8 Å². The van der Waals surface area contributed by atoms with Crippen molar-refractivity contribution in [2.24, 2.45) is 21.7 Å². The number of aliphatic hydroxyl groups excluding tert-OH is 4. The molecule has 23 nitrogen and oxygen atoms in total. The van der Waals surface area contributed by atoms with Gasteiger partial charge in [-0.05, 0) is 110 Å². The molecule has 0 bridgehead atoms. The van der Waals surface area contributed by atoms with Crippen LogP contribution in [-0.4, -0.2) is 214 Å². The maximum atomic E-state index is 15.0. The van der Waals surface area contributed by atoms with Crippen molar-refractivity contribution in [3.63, 3.8) is 0 Å². The number of rotatable bonds is 43. The SMILES string of the molecule is CCCCOC(=O)C(C)(CC(C)(CCC)C(=O)O)CC(C)(CBC(C)(CC(C)(CBC(C)(CC)C(=O)OCCOCCO[C@@H]1O[C@H](CO)[C@H](O)[C@H](O)[C@H]1NC(C)=O)C(=O)OCC(C)O)C(=O)OCCSSc1ccccn1)C(=O)OCCN(C)C. The first-order valence-corrected chi connectivity index (χ1v) is 31.9. The number of nitrogens with one attached hydrogen (secondary N) is 1. The quantitative estimate of drug-likeness (QED) is 0.0168. The molecule has 1 saturated heterocycles. The van der Waals surface area contributed by atoms with Gasteiger partial charge in [0.2, 0.25) is 5.91 Å². The number of hydrogen-bond acceptors (Lipinski definition) is 23. The molecule has 0 aliphatic carbocycles. The number of nitrogens with zero attached hydrogens (tertiary/aromatic N) is 2.